The SMILES string of the molecule is C1=NN=NNc2ccc3c(c21)NCCC3. The van der Waals surface area contributed by atoms with Crippen LogP contribution in [0.25, 0.3) is 0 Å². The molecule has 1 aromatic rings. The molecule has 0 atom stereocenters. The van der Waals surface area contributed by atoms with Crippen molar-refractivity contribution in [3.05, 3.63) is 23.3 Å². The van der Waals surface area contributed by atoms with E-state index in [1.165, 1.54) is 17.7 Å². The van der Waals surface area contributed by atoms with Crippen molar-refractivity contribution in [2.75, 3.05) is 17.3 Å². The topological polar surface area (TPSA) is 61.1 Å². The minimum Gasteiger partial charge on any atom is -0.384 e. The Balaban J connectivity index is 2.17. The summed E-state index contributed by atoms with van der Waals surface area (Å²) in [5.74, 6) is 0. The molecule has 1 aromatic carbocycles. The summed E-state index contributed by atoms with van der Waals surface area (Å²) in [5, 5.41) is 14.6. The highest BCUT2D eigenvalue weighted by molar-refractivity contribution is 5.96. The van der Waals surface area contributed by atoms with Crippen molar-refractivity contribution in [3.8, 4) is 0 Å². The Labute approximate surface area is 87.3 Å². The number of fused-ring (bicyclic) bond motifs is 3. The van der Waals surface area contributed by atoms with Crippen molar-refractivity contribution < 1.29 is 0 Å². The third kappa shape index (κ3) is 1.36. The van der Waals surface area contributed by atoms with Gasteiger partial charge in [0.15, 0.2) is 0 Å². The number of benzene rings is 1. The van der Waals surface area contributed by atoms with Crippen LogP contribution in [0.1, 0.15) is 17.5 Å². The highest BCUT2D eigenvalue weighted by Crippen LogP contribution is 2.31. The number of hydrogen-bond donors (Lipinski definition) is 2. The van der Waals surface area contributed by atoms with E-state index in [1.807, 2.05) is 6.07 Å². The average Bonchev–Trinajstić information content (AvgIpc) is 2.54. The summed E-state index contributed by atoms with van der Waals surface area (Å²) in [5.41, 5.74) is 7.39. The predicted octanol–water partition coefficient (Wildman–Crippen LogP) is 2.17. The van der Waals surface area contributed by atoms with Crippen LogP contribution in [0.2, 0.25) is 0 Å². The molecule has 0 bridgehead atoms. The molecule has 2 N–H and O–H groups in total. The maximum absolute atomic E-state index is 3.85. The molecule has 0 spiro atoms. The second kappa shape index (κ2) is 3.34. The second-order valence-electron chi connectivity index (χ2n) is 3.64. The van der Waals surface area contributed by atoms with Gasteiger partial charge in [-0.25, -0.2) is 0 Å². The first kappa shape index (κ1) is 8.40. The van der Waals surface area contributed by atoms with E-state index in [1.54, 1.807) is 6.21 Å². The summed E-state index contributed by atoms with van der Waals surface area (Å²) >= 11 is 0. The van der Waals surface area contributed by atoms with Crippen LogP contribution in [-0.2, 0) is 6.42 Å². The van der Waals surface area contributed by atoms with Crippen LogP contribution >= 0.6 is 0 Å². The molecule has 0 unspecified atom stereocenters. The van der Waals surface area contributed by atoms with E-state index in [2.05, 4.69) is 32.4 Å². The molecule has 5 nitrogen and oxygen atoms in total. The molecule has 2 heterocycles. The lowest BCUT2D eigenvalue weighted by atomic mass is 9.98. The van der Waals surface area contributed by atoms with Crippen LogP contribution in [0.5, 0.6) is 0 Å². The number of nitrogens with one attached hydrogen (secondary N) is 2. The third-order valence-electron chi connectivity index (χ3n) is 2.71. The van der Waals surface area contributed by atoms with Gasteiger partial charge in [0.25, 0.3) is 0 Å². The van der Waals surface area contributed by atoms with E-state index in [0.717, 1.165) is 24.2 Å². The van der Waals surface area contributed by atoms with Crippen molar-refractivity contribution in [1.29, 1.82) is 0 Å². The van der Waals surface area contributed by atoms with Crippen LogP contribution < -0.4 is 10.7 Å². The Morgan fingerprint density at radius 2 is 2.27 bits per heavy atom. The van der Waals surface area contributed by atoms with Crippen LogP contribution in [0.15, 0.2) is 27.7 Å². The van der Waals surface area contributed by atoms with E-state index in [9.17, 15) is 0 Å². The Bertz CT molecular complexity index is 449. The Hall–Kier alpha value is -1.91. The zero-order valence-corrected chi connectivity index (χ0v) is 8.20. The van der Waals surface area contributed by atoms with E-state index < -0.39 is 0 Å². The summed E-state index contributed by atoms with van der Waals surface area (Å²) in [6, 6.07) is 4.15. The first-order valence-corrected chi connectivity index (χ1v) is 5.04. The van der Waals surface area contributed by atoms with Gasteiger partial charge < -0.3 is 5.32 Å². The summed E-state index contributed by atoms with van der Waals surface area (Å²) in [7, 11) is 0. The van der Waals surface area contributed by atoms with Crippen LogP contribution in [0.4, 0.5) is 11.4 Å². The lowest BCUT2D eigenvalue weighted by molar-refractivity contribution is 0.830. The Morgan fingerprint density at radius 1 is 1.27 bits per heavy atom. The molecule has 0 fully saturated rings. The number of aryl methyl sites for hydroxylation is 1. The molecule has 0 saturated carbocycles. The Morgan fingerprint density at radius 3 is 3.27 bits per heavy atom. The zero-order valence-electron chi connectivity index (χ0n) is 8.20. The van der Waals surface area contributed by atoms with Gasteiger partial charge in [0.2, 0.25) is 0 Å². The maximum atomic E-state index is 3.85. The number of hydrogen-bond acceptors (Lipinski definition) is 5. The van der Waals surface area contributed by atoms with Gasteiger partial charge in [-0.1, -0.05) is 6.07 Å². The third-order valence-corrected chi connectivity index (χ3v) is 2.71. The molecule has 0 saturated heterocycles. The summed E-state index contributed by atoms with van der Waals surface area (Å²) in [6.45, 7) is 1.02. The molecule has 0 amide bonds. The summed E-state index contributed by atoms with van der Waals surface area (Å²) in [4.78, 5) is 0. The fraction of sp³-hybridized carbons (Fsp3) is 0.300. The van der Waals surface area contributed by atoms with E-state index >= 15 is 0 Å². The van der Waals surface area contributed by atoms with Crippen molar-refractivity contribution in [2.24, 2.45) is 15.5 Å². The summed E-state index contributed by atoms with van der Waals surface area (Å²) < 4.78 is 0. The van der Waals surface area contributed by atoms with Crippen LogP contribution in [-0.4, -0.2) is 12.8 Å². The first-order valence-electron chi connectivity index (χ1n) is 5.04. The van der Waals surface area contributed by atoms with Crippen molar-refractivity contribution in [2.45, 2.75) is 12.8 Å². The quantitative estimate of drug-likeness (QED) is 0.675. The van der Waals surface area contributed by atoms with Crippen LogP contribution in [0.3, 0.4) is 0 Å². The minimum atomic E-state index is 0.952. The number of nitrogens with zero attached hydrogens (tertiary/aromatic N) is 3. The minimum absolute atomic E-state index is 0.952. The molecule has 2 aliphatic heterocycles. The fourth-order valence-corrected chi connectivity index (χ4v) is 1.99. The maximum Gasteiger partial charge on any atom is 0.0689 e. The number of anilines is 2. The lowest BCUT2D eigenvalue weighted by Gasteiger charge is -2.21. The fourth-order valence-electron chi connectivity index (χ4n) is 1.99. The molecule has 2 aliphatic rings. The normalized spacial score (nSPS) is 17.1. The number of rotatable bonds is 0. The molecule has 15 heavy (non-hydrogen) atoms. The van der Waals surface area contributed by atoms with Crippen molar-refractivity contribution in [1.82, 2.24) is 0 Å². The summed E-state index contributed by atoms with van der Waals surface area (Å²) in [6.07, 6.45) is 4.05. The van der Waals surface area contributed by atoms with E-state index in [4.69, 9.17) is 0 Å². The standard InChI is InChI=1S/C10H11N5/c1-2-7-3-4-9-8(10(7)11-5-1)6-12-14-15-13-9/h3-4,6,11H,1-2,5H2,(H,13,14). The van der Waals surface area contributed by atoms with Crippen molar-refractivity contribution >= 4 is 17.6 Å². The van der Waals surface area contributed by atoms with Crippen molar-refractivity contribution in [3.63, 3.8) is 0 Å². The Kier molecular flexibility index (Phi) is 1.87. The van der Waals surface area contributed by atoms with Gasteiger partial charge in [-0.3, -0.25) is 5.43 Å². The first-order chi connectivity index (χ1) is 7.45. The molecule has 0 radical (unpaired) electrons. The van der Waals surface area contributed by atoms with Gasteiger partial charge in [0.05, 0.1) is 11.9 Å². The molecule has 76 valence electrons. The van der Waals surface area contributed by atoms with Gasteiger partial charge in [-0.15, -0.1) is 5.10 Å². The van der Waals surface area contributed by atoms with Gasteiger partial charge in [-0.05, 0) is 34.9 Å². The van der Waals surface area contributed by atoms with Crippen LogP contribution in [0, 0.1) is 0 Å². The monoisotopic (exact) mass is 201 g/mol. The molecule has 5 heteroatoms. The van der Waals surface area contributed by atoms with Gasteiger partial charge in [-0.2, -0.15) is 0 Å². The van der Waals surface area contributed by atoms with E-state index in [-0.39, 0.29) is 0 Å². The van der Waals surface area contributed by atoms with Gasteiger partial charge in [0.1, 0.15) is 0 Å². The molecule has 0 aliphatic carbocycles. The predicted molar refractivity (Wildman–Crippen MR) is 59.3 cm³/mol. The van der Waals surface area contributed by atoms with E-state index in [0.29, 0.717) is 0 Å². The lowest BCUT2D eigenvalue weighted by Crippen LogP contribution is -2.14. The van der Waals surface area contributed by atoms with Gasteiger partial charge >= 0.3 is 0 Å². The largest absolute Gasteiger partial charge is 0.384 e. The van der Waals surface area contributed by atoms with Gasteiger partial charge in [0, 0.05) is 17.8 Å². The molecular formula is C10H11N5. The molecule has 3 rings (SSSR count). The highest BCUT2D eigenvalue weighted by atomic mass is 15.5. The zero-order chi connectivity index (χ0) is 10.1. The average molecular weight is 201 g/mol. The second-order valence-corrected chi connectivity index (χ2v) is 3.64. The smallest absolute Gasteiger partial charge is 0.0689 e. The highest BCUT2D eigenvalue weighted by Gasteiger charge is 2.15. The molecule has 0 aromatic heterocycles. The molecular weight excluding hydrogens is 190 g/mol.